The lowest BCUT2D eigenvalue weighted by molar-refractivity contribution is -0.0504. The highest BCUT2D eigenvalue weighted by molar-refractivity contribution is 5.79. The first kappa shape index (κ1) is 21.4. The maximum absolute atomic E-state index is 12.6. The highest BCUT2D eigenvalue weighted by Gasteiger charge is 2.18. The normalized spacial score (nSPS) is 18.6. The molecular weight excluding hydrogens is 350 g/mol. The van der Waals surface area contributed by atoms with E-state index in [-0.39, 0.29) is 12.3 Å². The molecule has 1 saturated heterocycles. The van der Waals surface area contributed by atoms with Gasteiger partial charge in [0.15, 0.2) is 5.96 Å². The lowest BCUT2D eigenvalue weighted by Gasteiger charge is -2.32. The van der Waals surface area contributed by atoms with Crippen LogP contribution in [-0.4, -0.2) is 50.2 Å². The number of ether oxygens (including phenoxy) is 1. The van der Waals surface area contributed by atoms with Crippen molar-refractivity contribution in [2.45, 2.75) is 46.8 Å². The summed E-state index contributed by atoms with van der Waals surface area (Å²) in [6.45, 7) is 8.55. The second-order valence-electron chi connectivity index (χ2n) is 6.97. The third-order valence-electron chi connectivity index (χ3n) is 4.79. The fraction of sp³-hybridized carbons (Fsp3) is 0.650. The third-order valence-corrected chi connectivity index (χ3v) is 4.79. The quantitative estimate of drug-likeness (QED) is 0.535. The van der Waals surface area contributed by atoms with E-state index < -0.39 is 6.61 Å². The third kappa shape index (κ3) is 7.33. The summed E-state index contributed by atoms with van der Waals surface area (Å²) in [4.78, 5) is 7.05. The summed E-state index contributed by atoms with van der Waals surface area (Å²) in [5.41, 5.74) is 1.64. The molecule has 1 unspecified atom stereocenters. The lowest BCUT2D eigenvalue weighted by atomic mass is 9.98. The van der Waals surface area contributed by atoms with Crippen molar-refractivity contribution in [1.29, 1.82) is 0 Å². The van der Waals surface area contributed by atoms with Crippen LogP contribution >= 0.6 is 0 Å². The smallest absolute Gasteiger partial charge is 0.387 e. The number of piperidine rings is 1. The maximum Gasteiger partial charge on any atom is 0.387 e. The van der Waals surface area contributed by atoms with Crippen molar-refractivity contribution in [1.82, 2.24) is 15.5 Å². The van der Waals surface area contributed by atoms with Crippen LogP contribution < -0.4 is 15.4 Å². The van der Waals surface area contributed by atoms with Gasteiger partial charge in [0.1, 0.15) is 5.75 Å². The Kier molecular flexibility index (Phi) is 8.78. The second-order valence-corrected chi connectivity index (χ2v) is 6.97. The molecule has 0 aliphatic carbocycles. The zero-order valence-electron chi connectivity index (χ0n) is 16.6. The van der Waals surface area contributed by atoms with Crippen LogP contribution in [0.3, 0.4) is 0 Å². The van der Waals surface area contributed by atoms with E-state index in [9.17, 15) is 8.78 Å². The number of aliphatic imine (C=N–C) groups is 1. The van der Waals surface area contributed by atoms with Crippen LogP contribution in [0.15, 0.2) is 23.2 Å². The minimum atomic E-state index is -2.84. The molecule has 27 heavy (non-hydrogen) atoms. The first-order chi connectivity index (χ1) is 13.0. The highest BCUT2D eigenvalue weighted by atomic mass is 19.3. The zero-order chi connectivity index (χ0) is 19.6. The molecule has 1 heterocycles. The summed E-state index contributed by atoms with van der Waals surface area (Å²) >= 11 is 0. The van der Waals surface area contributed by atoms with Crippen LogP contribution in [0.4, 0.5) is 8.78 Å². The highest BCUT2D eigenvalue weighted by Crippen LogP contribution is 2.23. The molecule has 0 saturated carbocycles. The van der Waals surface area contributed by atoms with Gasteiger partial charge in [0, 0.05) is 25.2 Å². The molecule has 5 nitrogen and oxygen atoms in total. The number of nitrogens with one attached hydrogen (secondary N) is 2. The van der Waals surface area contributed by atoms with Crippen molar-refractivity contribution in [2.24, 2.45) is 10.9 Å². The molecule has 0 spiro atoms. The number of alkyl halides is 2. The lowest BCUT2D eigenvalue weighted by Crippen LogP contribution is -2.44. The van der Waals surface area contributed by atoms with E-state index in [0.29, 0.717) is 17.4 Å². The molecule has 1 aliphatic heterocycles. The topological polar surface area (TPSA) is 48.9 Å². The predicted molar refractivity (Wildman–Crippen MR) is 105 cm³/mol. The van der Waals surface area contributed by atoms with Gasteiger partial charge in [-0.15, -0.1) is 0 Å². The van der Waals surface area contributed by atoms with E-state index in [1.54, 1.807) is 12.1 Å². The van der Waals surface area contributed by atoms with Crippen LogP contribution in [0.1, 0.15) is 37.8 Å². The van der Waals surface area contributed by atoms with Crippen LogP contribution in [0, 0.1) is 12.8 Å². The number of aryl methyl sites for hydroxylation is 1. The first-order valence-corrected chi connectivity index (χ1v) is 9.80. The number of rotatable bonds is 8. The van der Waals surface area contributed by atoms with Crippen molar-refractivity contribution >= 4 is 5.96 Å². The van der Waals surface area contributed by atoms with Crippen molar-refractivity contribution in [2.75, 3.05) is 32.7 Å². The van der Waals surface area contributed by atoms with Gasteiger partial charge in [-0.25, -0.2) is 4.99 Å². The van der Waals surface area contributed by atoms with E-state index >= 15 is 0 Å². The summed E-state index contributed by atoms with van der Waals surface area (Å²) in [5.74, 6) is 1.48. The maximum atomic E-state index is 12.6. The van der Waals surface area contributed by atoms with Gasteiger partial charge in [0.05, 0.1) is 6.54 Å². The van der Waals surface area contributed by atoms with Crippen LogP contribution in [0.2, 0.25) is 0 Å². The molecule has 1 fully saturated rings. The molecule has 1 atom stereocenters. The van der Waals surface area contributed by atoms with Gasteiger partial charge < -0.3 is 20.3 Å². The monoisotopic (exact) mass is 382 g/mol. The van der Waals surface area contributed by atoms with Crippen LogP contribution in [-0.2, 0) is 6.54 Å². The Hall–Kier alpha value is -1.89. The number of hydrogen-bond donors (Lipinski definition) is 2. The van der Waals surface area contributed by atoms with Gasteiger partial charge in [0.2, 0.25) is 0 Å². The zero-order valence-corrected chi connectivity index (χ0v) is 16.6. The Morgan fingerprint density at radius 1 is 1.33 bits per heavy atom. The number of halogens is 2. The number of nitrogens with zero attached hydrogens (tertiary/aromatic N) is 2. The molecule has 0 radical (unpaired) electrons. The average molecular weight is 382 g/mol. The average Bonchev–Trinajstić information content (AvgIpc) is 2.65. The summed E-state index contributed by atoms with van der Waals surface area (Å²) in [6.07, 6.45) is 2.44. The molecule has 2 rings (SSSR count). The Morgan fingerprint density at radius 2 is 2.15 bits per heavy atom. The van der Waals surface area contributed by atoms with Gasteiger partial charge in [-0.05, 0) is 51.8 Å². The van der Waals surface area contributed by atoms with Gasteiger partial charge in [-0.1, -0.05) is 24.6 Å². The molecule has 1 aliphatic rings. The molecular formula is C20H32F2N4O. The molecule has 7 heteroatoms. The Balaban J connectivity index is 1.99. The van der Waals surface area contributed by atoms with Crippen molar-refractivity contribution in [3.63, 3.8) is 0 Å². The summed E-state index contributed by atoms with van der Waals surface area (Å²) in [6, 6.07) is 5.18. The van der Waals surface area contributed by atoms with Crippen molar-refractivity contribution < 1.29 is 13.5 Å². The Morgan fingerprint density at radius 3 is 2.85 bits per heavy atom. The van der Waals surface area contributed by atoms with Gasteiger partial charge in [-0.2, -0.15) is 8.78 Å². The van der Waals surface area contributed by atoms with E-state index in [0.717, 1.165) is 31.7 Å². The Labute approximate surface area is 161 Å². The number of guanidine groups is 1. The second kappa shape index (κ2) is 11.1. The van der Waals surface area contributed by atoms with E-state index in [2.05, 4.69) is 32.2 Å². The molecule has 1 aromatic rings. The molecule has 0 aromatic heterocycles. The summed E-state index contributed by atoms with van der Waals surface area (Å²) < 4.78 is 29.9. The van der Waals surface area contributed by atoms with Crippen molar-refractivity contribution in [3.8, 4) is 5.75 Å². The molecule has 0 amide bonds. The number of hydrogen-bond acceptors (Lipinski definition) is 3. The predicted octanol–water partition coefficient (Wildman–Crippen LogP) is 3.38. The van der Waals surface area contributed by atoms with Crippen LogP contribution in [0.25, 0.3) is 0 Å². The van der Waals surface area contributed by atoms with Gasteiger partial charge >= 0.3 is 6.61 Å². The summed E-state index contributed by atoms with van der Waals surface area (Å²) in [7, 11) is 0. The SMILES string of the molecule is CCNC(=NCc1cc(C)ccc1OC(F)F)NCC1CCCN(CC)C1. The summed E-state index contributed by atoms with van der Waals surface area (Å²) in [5, 5.41) is 6.63. The van der Waals surface area contributed by atoms with Gasteiger partial charge in [-0.3, -0.25) is 0 Å². The minimum Gasteiger partial charge on any atom is -0.434 e. The largest absolute Gasteiger partial charge is 0.434 e. The van der Waals surface area contributed by atoms with E-state index in [4.69, 9.17) is 0 Å². The number of likely N-dealkylation sites (tertiary alicyclic amines) is 1. The molecule has 1 aromatic carbocycles. The van der Waals surface area contributed by atoms with Gasteiger partial charge in [0.25, 0.3) is 0 Å². The molecule has 2 N–H and O–H groups in total. The van der Waals surface area contributed by atoms with E-state index in [1.165, 1.54) is 19.4 Å². The standard InChI is InChI=1S/C20H32F2N4O/c1-4-23-20(24-12-16-7-6-10-26(5-2)14-16)25-13-17-11-15(3)8-9-18(17)27-19(21)22/h8-9,11,16,19H,4-7,10,12-14H2,1-3H3,(H2,23,24,25). The van der Waals surface area contributed by atoms with E-state index in [1.807, 2.05) is 19.9 Å². The van der Waals surface area contributed by atoms with Crippen molar-refractivity contribution in [3.05, 3.63) is 29.3 Å². The fourth-order valence-electron chi connectivity index (χ4n) is 3.39. The minimum absolute atomic E-state index is 0.182. The molecule has 152 valence electrons. The fourth-order valence-corrected chi connectivity index (χ4v) is 3.39. The first-order valence-electron chi connectivity index (χ1n) is 9.80. The Bertz CT molecular complexity index is 610. The van der Waals surface area contributed by atoms with Crippen LogP contribution in [0.5, 0.6) is 5.75 Å². The number of benzene rings is 1. The molecule has 0 bridgehead atoms.